The minimum atomic E-state index is 0.720. The summed E-state index contributed by atoms with van der Waals surface area (Å²) in [6.07, 6.45) is 10.0. The standard InChI is InChI=1S/C18H25N3/c1-2-13-6-8-14(9-7-13)12-20-18-16(11-19)10-15-4-3-5-17(15)21-18/h10,13-14H,2-9,12H2,1H3,(H,20,21). The second-order valence-electron chi connectivity index (χ2n) is 6.63. The molecular weight excluding hydrogens is 258 g/mol. The van der Waals surface area contributed by atoms with E-state index in [0.717, 1.165) is 42.6 Å². The van der Waals surface area contributed by atoms with E-state index in [-0.39, 0.29) is 0 Å². The van der Waals surface area contributed by atoms with Gasteiger partial charge in [0.25, 0.3) is 0 Å². The van der Waals surface area contributed by atoms with Crippen molar-refractivity contribution in [3.63, 3.8) is 0 Å². The molecule has 0 amide bonds. The van der Waals surface area contributed by atoms with Gasteiger partial charge in [-0.25, -0.2) is 4.98 Å². The van der Waals surface area contributed by atoms with E-state index in [9.17, 15) is 5.26 Å². The molecule has 0 saturated heterocycles. The number of nitrogens with zero attached hydrogens (tertiary/aromatic N) is 2. The van der Waals surface area contributed by atoms with Crippen molar-refractivity contribution in [2.24, 2.45) is 11.8 Å². The fourth-order valence-corrected chi connectivity index (χ4v) is 3.78. The van der Waals surface area contributed by atoms with Crippen LogP contribution in [0.3, 0.4) is 0 Å². The maximum atomic E-state index is 9.32. The molecule has 0 radical (unpaired) electrons. The van der Waals surface area contributed by atoms with E-state index in [1.807, 2.05) is 6.07 Å². The van der Waals surface area contributed by atoms with Crippen LogP contribution in [-0.4, -0.2) is 11.5 Å². The molecule has 0 unspecified atom stereocenters. The van der Waals surface area contributed by atoms with Crippen molar-refractivity contribution >= 4 is 5.82 Å². The summed E-state index contributed by atoms with van der Waals surface area (Å²) in [6, 6.07) is 4.35. The van der Waals surface area contributed by atoms with Crippen LogP contribution in [-0.2, 0) is 12.8 Å². The van der Waals surface area contributed by atoms with Crippen LogP contribution in [0.2, 0.25) is 0 Å². The maximum absolute atomic E-state index is 9.32. The first-order chi connectivity index (χ1) is 10.3. The highest BCUT2D eigenvalue weighted by Gasteiger charge is 2.21. The Morgan fingerprint density at radius 3 is 2.71 bits per heavy atom. The number of aromatic nitrogens is 1. The van der Waals surface area contributed by atoms with Gasteiger partial charge < -0.3 is 5.32 Å². The van der Waals surface area contributed by atoms with Gasteiger partial charge >= 0.3 is 0 Å². The zero-order valence-electron chi connectivity index (χ0n) is 13.0. The van der Waals surface area contributed by atoms with Crippen LogP contribution >= 0.6 is 0 Å². The van der Waals surface area contributed by atoms with Gasteiger partial charge in [-0.1, -0.05) is 26.2 Å². The van der Waals surface area contributed by atoms with Gasteiger partial charge in [-0.05, 0) is 55.6 Å². The fraction of sp³-hybridized carbons (Fsp3) is 0.667. The predicted molar refractivity (Wildman–Crippen MR) is 85.2 cm³/mol. The first-order valence-electron chi connectivity index (χ1n) is 8.47. The smallest absolute Gasteiger partial charge is 0.144 e. The van der Waals surface area contributed by atoms with E-state index in [1.165, 1.54) is 49.8 Å². The Labute approximate surface area is 127 Å². The number of hydrogen-bond donors (Lipinski definition) is 1. The molecule has 1 aromatic rings. The second-order valence-corrected chi connectivity index (χ2v) is 6.63. The van der Waals surface area contributed by atoms with Gasteiger partial charge in [0.2, 0.25) is 0 Å². The van der Waals surface area contributed by atoms with Crippen molar-refractivity contribution in [1.82, 2.24) is 4.98 Å². The Balaban J connectivity index is 1.62. The first kappa shape index (κ1) is 14.4. The normalized spacial score (nSPS) is 24.4. The molecule has 112 valence electrons. The van der Waals surface area contributed by atoms with E-state index in [2.05, 4.69) is 18.3 Å². The summed E-state index contributed by atoms with van der Waals surface area (Å²) in [5.41, 5.74) is 3.20. The molecule has 0 bridgehead atoms. The second kappa shape index (κ2) is 6.47. The average molecular weight is 283 g/mol. The lowest BCUT2D eigenvalue weighted by atomic mass is 9.81. The van der Waals surface area contributed by atoms with Crippen molar-refractivity contribution in [1.29, 1.82) is 5.26 Å². The third kappa shape index (κ3) is 3.20. The minimum absolute atomic E-state index is 0.720. The van der Waals surface area contributed by atoms with Crippen molar-refractivity contribution in [3.8, 4) is 6.07 Å². The van der Waals surface area contributed by atoms with Crippen LogP contribution in [0.25, 0.3) is 0 Å². The third-order valence-corrected chi connectivity index (χ3v) is 5.27. The van der Waals surface area contributed by atoms with Crippen LogP contribution in [0.4, 0.5) is 5.82 Å². The monoisotopic (exact) mass is 283 g/mol. The molecule has 3 heteroatoms. The molecule has 1 saturated carbocycles. The number of fused-ring (bicyclic) bond motifs is 1. The number of nitrogens with one attached hydrogen (secondary N) is 1. The number of aryl methyl sites for hydroxylation is 2. The van der Waals surface area contributed by atoms with Crippen molar-refractivity contribution in [2.75, 3.05) is 11.9 Å². The van der Waals surface area contributed by atoms with E-state index in [0.29, 0.717) is 0 Å². The average Bonchev–Trinajstić information content (AvgIpc) is 2.99. The molecule has 1 aromatic heterocycles. The lowest BCUT2D eigenvalue weighted by Gasteiger charge is -2.28. The Hall–Kier alpha value is -1.56. The van der Waals surface area contributed by atoms with Gasteiger partial charge in [0.1, 0.15) is 11.9 Å². The van der Waals surface area contributed by atoms with Crippen LogP contribution in [0, 0.1) is 23.2 Å². The van der Waals surface area contributed by atoms with E-state index >= 15 is 0 Å². The highest BCUT2D eigenvalue weighted by molar-refractivity contribution is 5.55. The molecule has 0 aromatic carbocycles. The summed E-state index contributed by atoms with van der Waals surface area (Å²) in [4.78, 5) is 4.71. The SMILES string of the molecule is CCC1CCC(CNc2nc3c(cc2C#N)CCC3)CC1. The number of nitriles is 1. The molecule has 0 spiro atoms. The van der Waals surface area contributed by atoms with E-state index in [1.54, 1.807) is 0 Å². The topological polar surface area (TPSA) is 48.7 Å². The summed E-state index contributed by atoms with van der Waals surface area (Å²) in [6.45, 7) is 3.27. The molecule has 3 rings (SSSR count). The van der Waals surface area contributed by atoms with E-state index in [4.69, 9.17) is 4.98 Å². The Bertz CT molecular complexity index is 536. The summed E-state index contributed by atoms with van der Waals surface area (Å²) < 4.78 is 0. The van der Waals surface area contributed by atoms with Crippen LogP contribution < -0.4 is 5.32 Å². The summed E-state index contributed by atoms with van der Waals surface area (Å²) in [5, 5.41) is 12.8. The molecule has 1 N–H and O–H groups in total. The fourth-order valence-electron chi connectivity index (χ4n) is 3.78. The molecule has 3 nitrogen and oxygen atoms in total. The molecule has 2 aliphatic rings. The molecule has 1 fully saturated rings. The lowest BCUT2D eigenvalue weighted by molar-refractivity contribution is 0.278. The molecule has 21 heavy (non-hydrogen) atoms. The number of pyridine rings is 1. The highest BCUT2D eigenvalue weighted by atomic mass is 15.0. The Morgan fingerprint density at radius 2 is 2.00 bits per heavy atom. The van der Waals surface area contributed by atoms with Crippen molar-refractivity contribution in [3.05, 3.63) is 22.9 Å². The lowest BCUT2D eigenvalue weighted by Crippen LogP contribution is -2.21. The molecular formula is C18H25N3. The van der Waals surface area contributed by atoms with Gasteiger partial charge in [-0.3, -0.25) is 0 Å². The quantitative estimate of drug-likeness (QED) is 0.906. The number of hydrogen-bond acceptors (Lipinski definition) is 3. The molecule has 0 atom stereocenters. The molecule has 1 heterocycles. The van der Waals surface area contributed by atoms with Gasteiger partial charge in [0.15, 0.2) is 0 Å². The minimum Gasteiger partial charge on any atom is -0.369 e. The number of rotatable bonds is 4. The van der Waals surface area contributed by atoms with Crippen molar-refractivity contribution < 1.29 is 0 Å². The largest absolute Gasteiger partial charge is 0.369 e. The summed E-state index contributed by atoms with van der Waals surface area (Å²) >= 11 is 0. The maximum Gasteiger partial charge on any atom is 0.144 e. The third-order valence-electron chi connectivity index (χ3n) is 5.27. The van der Waals surface area contributed by atoms with Crippen LogP contribution in [0.1, 0.15) is 62.3 Å². The summed E-state index contributed by atoms with van der Waals surface area (Å²) in [7, 11) is 0. The van der Waals surface area contributed by atoms with Gasteiger partial charge in [-0.2, -0.15) is 5.26 Å². The predicted octanol–water partition coefficient (Wildman–Crippen LogP) is 4.07. The van der Waals surface area contributed by atoms with Crippen molar-refractivity contribution in [2.45, 2.75) is 58.3 Å². The highest BCUT2D eigenvalue weighted by Crippen LogP contribution is 2.31. The van der Waals surface area contributed by atoms with Crippen LogP contribution in [0.5, 0.6) is 0 Å². The molecule has 2 aliphatic carbocycles. The Kier molecular flexibility index (Phi) is 4.43. The molecule has 0 aliphatic heterocycles. The van der Waals surface area contributed by atoms with Crippen LogP contribution in [0.15, 0.2) is 6.07 Å². The Morgan fingerprint density at radius 1 is 1.24 bits per heavy atom. The van der Waals surface area contributed by atoms with Gasteiger partial charge in [0, 0.05) is 12.2 Å². The number of anilines is 1. The summed E-state index contributed by atoms with van der Waals surface area (Å²) in [5.74, 6) is 2.50. The first-order valence-corrected chi connectivity index (χ1v) is 8.47. The van der Waals surface area contributed by atoms with Gasteiger partial charge in [0.05, 0.1) is 5.56 Å². The van der Waals surface area contributed by atoms with Gasteiger partial charge in [-0.15, -0.1) is 0 Å². The zero-order valence-corrected chi connectivity index (χ0v) is 13.0. The zero-order chi connectivity index (χ0) is 14.7. The van der Waals surface area contributed by atoms with E-state index < -0.39 is 0 Å².